The van der Waals surface area contributed by atoms with E-state index in [0.717, 1.165) is 33.0 Å². The molecule has 0 atom stereocenters. The number of nitrogens with zero attached hydrogens (tertiary/aromatic N) is 2. The molecule has 3 aromatic rings. The zero-order valence-electron chi connectivity index (χ0n) is 12.1. The van der Waals surface area contributed by atoms with Crippen LogP contribution in [0.4, 0.5) is 0 Å². The Morgan fingerprint density at radius 2 is 2.18 bits per heavy atom. The van der Waals surface area contributed by atoms with Crippen molar-refractivity contribution in [2.45, 2.75) is 24.1 Å². The Balaban J connectivity index is 1.83. The number of fused-ring (bicyclic) bond motifs is 1. The highest BCUT2D eigenvalue weighted by Crippen LogP contribution is 2.32. The predicted molar refractivity (Wildman–Crippen MR) is 98.7 cm³/mol. The zero-order valence-corrected chi connectivity index (χ0v) is 14.5. The molecule has 0 aliphatic rings. The first-order valence-corrected chi connectivity index (χ1v) is 9.13. The summed E-state index contributed by atoms with van der Waals surface area (Å²) in [5.41, 5.74) is 7.78. The van der Waals surface area contributed by atoms with E-state index in [4.69, 9.17) is 18.0 Å². The molecule has 2 N–H and O–H groups in total. The van der Waals surface area contributed by atoms with E-state index in [9.17, 15) is 0 Å². The molecule has 6 heteroatoms. The van der Waals surface area contributed by atoms with Crippen LogP contribution in [0.25, 0.3) is 10.2 Å². The van der Waals surface area contributed by atoms with E-state index in [0.29, 0.717) is 4.99 Å². The lowest BCUT2D eigenvalue weighted by Crippen LogP contribution is -2.09. The molecule has 0 aliphatic heterocycles. The molecule has 0 spiro atoms. The standard InChI is InChI=1S/C16H15N3S3/c1-2-12-7-13-15(18-9-19-16(13)22-12)21-8-10-4-3-5-11(6-10)14(17)20/h3-7,9H,2,8H2,1H3,(H2,17,20). The maximum atomic E-state index is 5.69. The Bertz CT molecular complexity index is 826. The molecule has 22 heavy (non-hydrogen) atoms. The number of aromatic nitrogens is 2. The minimum atomic E-state index is 0.432. The smallest absolute Gasteiger partial charge is 0.128 e. The zero-order chi connectivity index (χ0) is 15.5. The van der Waals surface area contributed by atoms with Crippen LogP contribution in [0.1, 0.15) is 22.9 Å². The Hall–Kier alpha value is -1.50. The maximum Gasteiger partial charge on any atom is 0.128 e. The van der Waals surface area contributed by atoms with Gasteiger partial charge < -0.3 is 5.73 Å². The summed E-state index contributed by atoms with van der Waals surface area (Å²) in [4.78, 5) is 11.6. The fourth-order valence-corrected chi connectivity index (χ4v) is 4.18. The van der Waals surface area contributed by atoms with Gasteiger partial charge in [0.15, 0.2) is 0 Å². The van der Waals surface area contributed by atoms with Gasteiger partial charge in [-0.05, 0) is 24.1 Å². The summed E-state index contributed by atoms with van der Waals surface area (Å²) < 4.78 is 0. The summed E-state index contributed by atoms with van der Waals surface area (Å²) in [6, 6.07) is 10.2. The van der Waals surface area contributed by atoms with Gasteiger partial charge in [-0.25, -0.2) is 9.97 Å². The predicted octanol–water partition coefficient (Wildman–Crippen LogP) is 4.18. The Kier molecular flexibility index (Phi) is 4.71. The number of aryl methyl sites for hydroxylation is 1. The van der Waals surface area contributed by atoms with E-state index in [-0.39, 0.29) is 0 Å². The molecule has 0 amide bonds. The summed E-state index contributed by atoms with van der Waals surface area (Å²) in [5.74, 6) is 0.833. The topological polar surface area (TPSA) is 51.8 Å². The molecular formula is C16H15N3S3. The van der Waals surface area contributed by atoms with Crippen LogP contribution in [0, 0.1) is 0 Å². The van der Waals surface area contributed by atoms with Crippen LogP contribution < -0.4 is 5.73 Å². The lowest BCUT2D eigenvalue weighted by Gasteiger charge is -2.04. The van der Waals surface area contributed by atoms with Crippen LogP contribution in [0.15, 0.2) is 41.7 Å². The number of hydrogen-bond acceptors (Lipinski definition) is 5. The van der Waals surface area contributed by atoms with E-state index < -0.39 is 0 Å². The van der Waals surface area contributed by atoms with Crippen molar-refractivity contribution in [3.63, 3.8) is 0 Å². The fraction of sp³-hybridized carbons (Fsp3) is 0.188. The van der Waals surface area contributed by atoms with Crippen molar-refractivity contribution < 1.29 is 0 Å². The van der Waals surface area contributed by atoms with Crippen LogP contribution in [0.5, 0.6) is 0 Å². The molecule has 2 aromatic heterocycles. The van der Waals surface area contributed by atoms with E-state index in [1.165, 1.54) is 10.4 Å². The molecule has 0 saturated carbocycles. The van der Waals surface area contributed by atoms with Gasteiger partial charge in [-0.2, -0.15) is 0 Å². The van der Waals surface area contributed by atoms with Gasteiger partial charge in [0.1, 0.15) is 21.2 Å². The monoisotopic (exact) mass is 345 g/mol. The summed E-state index contributed by atoms with van der Waals surface area (Å²) in [6.07, 6.45) is 2.67. The van der Waals surface area contributed by atoms with Gasteiger partial charge in [-0.15, -0.1) is 23.1 Å². The van der Waals surface area contributed by atoms with Gasteiger partial charge in [0.05, 0.1) is 0 Å². The second kappa shape index (κ2) is 6.73. The maximum absolute atomic E-state index is 5.69. The number of thioether (sulfide) groups is 1. The van der Waals surface area contributed by atoms with Crippen molar-refractivity contribution in [1.82, 2.24) is 9.97 Å². The van der Waals surface area contributed by atoms with E-state index >= 15 is 0 Å². The van der Waals surface area contributed by atoms with Crippen LogP contribution in [0.3, 0.4) is 0 Å². The van der Waals surface area contributed by atoms with E-state index in [2.05, 4.69) is 29.0 Å². The van der Waals surface area contributed by atoms with Crippen molar-refractivity contribution in [3.05, 3.63) is 52.7 Å². The summed E-state index contributed by atoms with van der Waals surface area (Å²) in [6.45, 7) is 2.16. The molecule has 0 fully saturated rings. The number of hydrogen-bond donors (Lipinski definition) is 1. The van der Waals surface area contributed by atoms with Crippen molar-refractivity contribution in [3.8, 4) is 0 Å². The molecule has 112 valence electrons. The number of nitrogens with two attached hydrogens (primary N) is 1. The Morgan fingerprint density at radius 1 is 1.32 bits per heavy atom. The molecule has 3 rings (SSSR count). The minimum Gasteiger partial charge on any atom is -0.389 e. The summed E-state index contributed by atoms with van der Waals surface area (Å²) >= 11 is 8.49. The van der Waals surface area contributed by atoms with Crippen molar-refractivity contribution in [1.29, 1.82) is 0 Å². The third-order valence-corrected chi connectivity index (χ3v) is 5.78. The quantitative estimate of drug-likeness (QED) is 0.427. The van der Waals surface area contributed by atoms with Crippen molar-refractivity contribution in [2.24, 2.45) is 5.73 Å². The highest BCUT2D eigenvalue weighted by Gasteiger charge is 2.09. The van der Waals surface area contributed by atoms with Crippen LogP contribution in [-0.4, -0.2) is 15.0 Å². The summed E-state index contributed by atoms with van der Waals surface area (Å²) in [7, 11) is 0. The normalized spacial score (nSPS) is 11.0. The molecule has 0 radical (unpaired) electrons. The Morgan fingerprint density at radius 3 is 2.95 bits per heavy atom. The van der Waals surface area contributed by atoms with Gasteiger partial charge in [0.2, 0.25) is 0 Å². The highest BCUT2D eigenvalue weighted by atomic mass is 32.2. The number of benzene rings is 1. The lowest BCUT2D eigenvalue weighted by atomic mass is 10.1. The van der Waals surface area contributed by atoms with Crippen molar-refractivity contribution in [2.75, 3.05) is 0 Å². The first-order valence-electron chi connectivity index (χ1n) is 6.92. The second-order valence-corrected chi connectivity index (χ2v) is 7.34. The third-order valence-electron chi connectivity index (χ3n) is 3.28. The highest BCUT2D eigenvalue weighted by molar-refractivity contribution is 7.98. The minimum absolute atomic E-state index is 0.432. The van der Waals surface area contributed by atoms with Crippen LogP contribution in [-0.2, 0) is 12.2 Å². The van der Waals surface area contributed by atoms with Gasteiger partial charge in [-0.3, -0.25) is 0 Å². The van der Waals surface area contributed by atoms with Gasteiger partial charge in [0, 0.05) is 21.6 Å². The van der Waals surface area contributed by atoms with Gasteiger partial charge >= 0.3 is 0 Å². The molecule has 1 aromatic carbocycles. The number of rotatable bonds is 5. The molecule has 0 aliphatic carbocycles. The first-order chi connectivity index (χ1) is 10.7. The van der Waals surface area contributed by atoms with E-state index in [1.54, 1.807) is 29.4 Å². The lowest BCUT2D eigenvalue weighted by molar-refractivity contribution is 1.10. The van der Waals surface area contributed by atoms with Gasteiger partial charge in [0.25, 0.3) is 0 Å². The number of thiocarbonyl (C=S) groups is 1. The summed E-state index contributed by atoms with van der Waals surface area (Å²) in [5, 5.41) is 2.18. The van der Waals surface area contributed by atoms with Crippen molar-refractivity contribution >= 4 is 50.5 Å². The Labute approximate surface area is 143 Å². The second-order valence-electron chi connectivity index (χ2n) is 4.82. The van der Waals surface area contributed by atoms with Crippen LogP contribution >= 0.6 is 35.3 Å². The molecular weight excluding hydrogens is 330 g/mol. The first kappa shape index (κ1) is 15.4. The molecule has 0 saturated heterocycles. The average molecular weight is 346 g/mol. The molecule has 0 bridgehead atoms. The fourth-order valence-electron chi connectivity index (χ4n) is 2.14. The molecule has 0 unspecified atom stereocenters. The SMILES string of the molecule is CCc1cc2c(SCc3cccc(C(N)=S)c3)ncnc2s1. The number of thiophene rings is 1. The molecule has 2 heterocycles. The van der Waals surface area contributed by atoms with Gasteiger partial charge in [-0.1, -0.05) is 37.3 Å². The average Bonchev–Trinajstić information content (AvgIpc) is 2.97. The molecule has 3 nitrogen and oxygen atoms in total. The van der Waals surface area contributed by atoms with Crippen LogP contribution in [0.2, 0.25) is 0 Å². The third kappa shape index (κ3) is 3.29. The van der Waals surface area contributed by atoms with E-state index in [1.807, 2.05) is 18.2 Å². The largest absolute Gasteiger partial charge is 0.389 e.